The summed E-state index contributed by atoms with van der Waals surface area (Å²) in [6.45, 7) is 1.63. The maximum absolute atomic E-state index is 12.3. The van der Waals surface area contributed by atoms with Crippen molar-refractivity contribution in [2.24, 2.45) is 5.10 Å². The van der Waals surface area contributed by atoms with Gasteiger partial charge in [0.15, 0.2) is 23.9 Å². The molecule has 0 radical (unpaired) electrons. The summed E-state index contributed by atoms with van der Waals surface area (Å²) in [6, 6.07) is 9.75. The van der Waals surface area contributed by atoms with Crippen LogP contribution in [0.15, 0.2) is 45.9 Å². The summed E-state index contributed by atoms with van der Waals surface area (Å²) in [5.74, 6) is -0.483. The third kappa shape index (κ3) is 5.68. The Morgan fingerprint density at radius 3 is 2.74 bits per heavy atom. The number of esters is 1. The first-order chi connectivity index (χ1) is 14.9. The molecule has 8 nitrogen and oxygen atoms in total. The first-order valence-corrected chi connectivity index (χ1v) is 9.85. The van der Waals surface area contributed by atoms with Crippen molar-refractivity contribution in [3.8, 4) is 11.5 Å². The molecule has 10 heteroatoms. The van der Waals surface area contributed by atoms with Crippen LogP contribution in [0, 0.1) is 0 Å². The van der Waals surface area contributed by atoms with Gasteiger partial charge in [-0.1, -0.05) is 23.2 Å². The summed E-state index contributed by atoms with van der Waals surface area (Å²) in [5, 5.41) is 5.36. The number of nitrogens with zero attached hydrogens (tertiary/aromatic N) is 1. The van der Waals surface area contributed by atoms with E-state index in [2.05, 4.69) is 10.5 Å². The van der Waals surface area contributed by atoms with Crippen molar-refractivity contribution in [1.82, 2.24) is 5.43 Å². The maximum Gasteiger partial charge on any atom is 0.344 e. The molecule has 0 aliphatic heterocycles. The van der Waals surface area contributed by atoms with Gasteiger partial charge in [-0.05, 0) is 48.9 Å². The zero-order chi connectivity index (χ0) is 22.4. The fourth-order valence-corrected chi connectivity index (χ4v) is 3.09. The molecule has 0 unspecified atom stereocenters. The molecule has 31 heavy (non-hydrogen) atoms. The van der Waals surface area contributed by atoms with Crippen molar-refractivity contribution in [3.05, 3.63) is 57.8 Å². The summed E-state index contributed by atoms with van der Waals surface area (Å²) in [4.78, 5) is 23.8. The van der Waals surface area contributed by atoms with Gasteiger partial charge in [-0.2, -0.15) is 5.10 Å². The van der Waals surface area contributed by atoms with E-state index in [9.17, 15) is 9.59 Å². The smallest absolute Gasteiger partial charge is 0.344 e. The first kappa shape index (κ1) is 22.5. The largest absolute Gasteiger partial charge is 0.493 e. The lowest BCUT2D eigenvalue weighted by atomic mass is 10.2. The van der Waals surface area contributed by atoms with Crippen LogP contribution in [-0.2, 0) is 9.53 Å². The molecule has 1 amide bonds. The minimum atomic E-state index is -0.531. The van der Waals surface area contributed by atoms with E-state index in [1.165, 1.54) is 13.3 Å². The van der Waals surface area contributed by atoms with Gasteiger partial charge in [0.2, 0.25) is 0 Å². The van der Waals surface area contributed by atoms with Crippen LogP contribution in [0.5, 0.6) is 11.5 Å². The van der Waals surface area contributed by atoms with Crippen molar-refractivity contribution < 1.29 is 28.2 Å². The van der Waals surface area contributed by atoms with Gasteiger partial charge in [-0.15, -0.1) is 0 Å². The standard InChI is InChI=1S/C21H18Cl2N2O6/c1-3-29-19(26)11-30-20-15(23)6-12(7-17(20)28-2)10-24-25-21(27)18-9-13-8-14(22)4-5-16(13)31-18/h4-10H,3,11H2,1-2H3,(H,25,27)/b24-10+. The molecule has 2 aromatic carbocycles. The number of halogens is 2. The molecular formula is C21H18Cl2N2O6. The minimum absolute atomic E-state index is 0.0905. The predicted octanol–water partition coefficient (Wildman–Crippen LogP) is 4.45. The van der Waals surface area contributed by atoms with Crippen LogP contribution in [0.3, 0.4) is 0 Å². The van der Waals surface area contributed by atoms with E-state index in [1.54, 1.807) is 43.3 Å². The molecule has 0 saturated carbocycles. The normalized spacial score (nSPS) is 11.0. The number of amides is 1. The lowest BCUT2D eigenvalue weighted by molar-refractivity contribution is -0.145. The predicted molar refractivity (Wildman–Crippen MR) is 116 cm³/mol. The third-order valence-corrected chi connectivity index (χ3v) is 4.49. The number of rotatable bonds is 8. The highest BCUT2D eigenvalue weighted by Gasteiger charge is 2.15. The second kappa shape index (κ2) is 10.2. The Kier molecular flexibility index (Phi) is 7.38. The number of fused-ring (bicyclic) bond motifs is 1. The summed E-state index contributed by atoms with van der Waals surface area (Å²) >= 11 is 12.2. The van der Waals surface area contributed by atoms with Crippen LogP contribution in [0.4, 0.5) is 0 Å². The first-order valence-electron chi connectivity index (χ1n) is 9.09. The Morgan fingerprint density at radius 2 is 2.00 bits per heavy atom. The van der Waals surface area contributed by atoms with E-state index in [-0.39, 0.29) is 29.7 Å². The molecule has 1 N–H and O–H groups in total. The van der Waals surface area contributed by atoms with E-state index in [1.807, 2.05) is 0 Å². The van der Waals surface area contributed by atoms with E-state index >= 15 is 0 Å². The van der Waals surface area contributed by atoms with Gasteiger partial charge in [0.05, 0.1) is 25.0 Å². The van der Waals surface area contributed by atoms with E-state index in [0.29, 0.717) is 27.3 Å². The second-order valence-electron chi connectivity index (χ2n) is 6.12. The molecule has 0 aliphatic carbocycles. The van der Waals surface area contributed by atoms with E-state index in [4.69, 9.17) is 41.8 Å². The fourth-order valence-electron chi connectivity index (χ4n) is 2.63. The number of ether oxygens (including phenoxy) is 3. The highest BCUT2D eigenvalue weighted by Crippen LogP contribution is 2.36. The minimum Gasteiger partial charge on any atom is -0.493 e. The van der Waals surface area contributed by atoms with Crippen LogP contribution in [0.25, 0.3) is 11.0 Å². The molecule has 3 rings (SSSR count). The van der Waals surface area contributed by atoms with Crippen molar-refractivity contribution in [3.63, 3.8) is 0 Å². The Morgan fingerprint density at radius 1 is 1.19 bits per heavy atom. The number of hydrogen-bond acceptors (Lipinski definition) is 7. The SMILES string of the molecule is CCOC(=O)COc1c(Cl)cc(/C=N/NC(=O)c2cc3cc(Cl)ccc3o2)cc1OC. The number of carbonyl (C=O) groups excluding carboxylic acids is 2. The molecule has 3 aromatic rings. The average molecular weight is 465 g/mol. The van der Waals surface area contributed by atoms with Crippen molar-refractivity contribution in [1.29, 1.82) is 0 Å². The molecule has 0 aliphatic rings. The number of carbonyl (C=O) groups is 2. The number of furan rings is 1. The number of hydrogen-bond donors (Lipinski definition) is 1. The van der Waals surface area contributed by atoms with Crippen molar-refractivity contribution in [2.75, 3.05) is 20.3 Å². The molecule has 0 spiro atoms. The maximum atomic E-state index is 12.3. The molecular weight excluding hydrogens is 447 g/mol. The van der Waals surface area contributed by atoms with E-state index in [0.717, 1.165) is 0 Å². The third-order valence-electron chi connectivity index (χ3n) is 3.97. The molecule has 1 aromatic heterocycles. The van der Waals surface area contributed by atoms with Crippen LogP contribution in [0.2, 0.25) is 10.0 Å². The topological polar surface area (TPSA) is 99.4 Å². The highest BCUT2D eigenvalue weighted by molar-refractivity contribution is 6.32. The highest BCUT2D eigenvalue weighted by atomic mass is 35.5. The molecule has 0 atom stereocenters. The quantitative estimate of drug-likeness (QED) is 0.300. The summed E-state index contributed by atoms with van der Waals surface area (Å²) in [7, 11) is 1.43. The van der Waals surface area contributed by atoms with Gasteiger partial charge in [0, 0.05) is 10.4 Å². The Balaban J connectivity index is 1.68. The molecule has 162 valence electrons. The number of benzene rings is 2. The van der Waals surface area contributed by atoms with Gasteiger partial charge < -0.3 is 18.6 Å². The van der Waals surface area contributed by atoms with Gasteiger partial charge >= 0.3 is 11.9 Å². The lowest BCUT2D eigenvalue weighted by Gasteiger charge is -2.12. The summed E-state index contributed by atoms with van der Waals surface area (Å²) < 4.78 is 21.0. The molecule has 0 fully saturated rings. The summed E-state index contributed by atoms with van der Waals surface area (Å²) in [6.07, 6.45) is 1.38. The van der Waals surface area contributed by atoms with E-state index < -0.39 is 11.9 Å². The second-order valence-corrected chi connectivity index (χ2v) is 6.96. The average Bonchev–Trinajstić information content (AvgIpc) is 3.16. The van der Waals surface area contributed by atoms with Crippen molar-refractivity contribution in [2.45, 2.75) is 6.92 Å². The summed E-state index contributed by atoms with van der Waals surface area (Å²) in [5.41, 5.74) is 3.44. The number of methoxy groups -OCH3 is 1. The molecule has 0 bridgehead atoms. The van der Waals surface area contributed by atoms with Gasteiger partial charge in [-0.3, -0.25) is 4.79 Å². The Bertz CT molecular complexity index is 1140. The molecule has 1 heterocycles. The zero-order valence-corrected chi connectivity index (χ0v) is 18.1. The monoisotopic (exact) mass is 464 g/mol. The van der Waals surface area contributed by atoms with Crippen molar-refractivity contribution >= 4 is 52.3 Å². The number of hydrazone groups is 1. The van der Waals surface area contributed by atoms with Crippen LogP contribution < -0.4 is 14.9 Å². The number of nitrogens with one attached hydrogen (secondary N) is 1. The van der Waals surface area contributed by atoms with Crippen LogP contribution in [-0.4, -0.2) is 38.4 Å². The lowest BCUT2D eigenvalue weighted by Crippen LogP contribution is -2.16. The van der Waals surface area contributed by atoms with Crippen LogP contribution >= 0.6 is 23.2 Å². The van der Waals surface area contributed by atoms with Gasteiger partial charge in [0.1, 0.15) is 5.58 Å². The molecule has 0 saturated heterocycles. The van der Waals surface area contributed by atoms with Gasteiger partial charge in [-0.25, -0.2) is 10.2 Å². The Labute approximate surface area is 187 Å². The zero-order valence-electron chi connectivity index (χ0n) is 16.6. The van der Waals surface area contributed by atoms with Crippen LogP contribution in [0.1, 0.15) is 23.0 Å². The fraction of sp³-hybridized carbons (Fsp3) is 0.190. The Hall–Kier alpha value is -3.23. The van der Waals surface area contributed by atoms with Gasteiger partial charge in [0.25, 0.3) is 0 Å².